The van der Waals surface area contributed by atoms with Crippen molar-refractivity contribution in [2.75, 3.05) is 19.0 Å². The van der Waals surface area contributed by atoms with Gasteiger partial charge in [0.25, 0.3) is 0 Å². The number of hydrazone groups is 1. The Bertz CT molecular complexity index is 822. The zero-order valence-corrected chi connectivity index (χ0v) is 15.8. The van der Waals surface area contributed by atoms with Gasteiger partial charge in [-0.05, 0) is 60.6 Å². The Labute approximate surface area is 163 Å². The molecule has 2 rings (SSSR count). The zero-order chi connectivity index (χ0) is 19.6. The topological polar surface area (TPSA) is 95.0 Å². The molecule has 142 valence electrons. The van der Waals surface area contributed by atoms with E-state index in [1.165, 1.54) is 0 Å². The third-order valence-electron chi connectivity index (χ3n) is 3.53. The lowest BCUT2D eigenvalue weighted by atomic mass is 10.1. The molecule has 0 aliphatic carbocycles. The summed E-state index contributed by atoms with van der Waals surface area (Å²) in [5.41, 5.74) is 5.21. The van der Waals surface area contributed by atoms with Crippen LogP contribution in [0.15, 0.2) is 53.6 Å². The van der Waals surface area contributed by atoms with Gasteiger partial charge in [-0.3, -0.25) is 5.43 Å². The molecule has 0 fully saturated rings. The maximum absolute atomic E-state index is 10.4. The van der Waals surface area contributed by atoms with Crippen molar-refractivity contribution in [1.29, 1.82) is 0 Å². The first-order chi connectivity index (χ1) is 13.0. The number of carboxylic acid groups (broad SMARTS) is 1. The number of carbonyl (C=O) groups excluding carboxylic acids is 1. The first-order valence-corrected chi connectivity index (χ1v) is 8.64. The number of thiocarbonyl (C=S) groups is 1. The van der Waals surface area contributed by atoms with Crippen LogP contribution in [0.3, 0.4) is 0 Å². The average molecular weight is 386 g/mol. The van der Waals surface area contributed by atoms with Crippen molar-refractivity contribution < 1.29 is 19.4 Å². The van der Waals surface area contributed by atoms with Crippen LogP contribution in [0.1, 0.15) is 18.9 Å². The molecule has 2 N–H and O–H groups in total. The first-order valence-electron chi connectivity index (χ1n) is 8.23. The summed E-state index contributed by atoms with van der Waals surface area (Å²) < 4.78 is 10.3. The fourth-order valence-electron chi connectivity index (χ4n) is 2.25. The molecule has 0 aliphatic heterocycles. The summed E-state index contributed by atoms with van der Waals surface area (Å²) in [5.74, 6) is -0.150. The highest BCUT2D eigenvalue weighted by Gasteiger charge is 2.05. The summed E-state index contributed by atoms with van der Waals surface area (Å²) in [6.45, 7) is 1.48. The maximum Gasteiger partial charge on any atom is 0.191 e. The molecule has 0 saturated heterocycles. The summed E-state index contributed by atoms with van der Waals surface area (Å²) >= 11 is 5.27. The summed E-state index contributed by atoms with van der Waals surface area (Å²) in [6, 6.07) is 14.4. The van der Waals surface area contributed by atoms with Gasteiger partial charge < -0.3 is 24.7 Å². The molecule has 0 spiro atoms. The van der Waals surface area contributed by atoms with Gasteiger partial charge in [0.1, 0.15) is 18.1 Å². The number of benzene rings is 2. The standard InChI is InChI=1S/C19H21N3O4S/c1-3-15(13-8-10-14(11-9-13)26-12-18(23)24)21-22-19(27)20-16-6-4-5-7-17(16)25-2/h4-11H,3,12H2,1-2H3,(H,23,24)(H2,20,22,27)/p-1/b21-15-. The summed E-state index contributed by atoms with van der Waals surface area (Å²) in [7, 11) is 1.59. The predicted molar refractivity (Wildman–Crippen MR) is 106 cm³/mol. The lowest BCUT2D eigenvalue weighted by Gasteiger charge is -2.12. The second-order valence-electron chi connectivity index (χ2n) is 5.36. The lowest BCUT2D eigenvalue weighted by Crippen LogP contribution is -2.28. The number of aliphatic carboxylic acids is 1. The van der Waals surface area contributed by atoms with Crippen LogP contribution in [-0.2, 0) is 4.79 Å². The van der Waals surface area contributed by atoms with Crippen LogP contribution in [0.4, 0.5) is 5.69 Å². The second kappa shape index (κ2) is 10.1. The Kier molecular flexibility index (Phi) is 7.57. The summed E-state index contributed by atoms with van der Waals surface area (Å²) in [6.07, 6.45) is 0.670. The number of hydrogen-bond donors (Lipinski definition) is 2. The Morgan fingerprint density at radius 2 is 1.89 bits per heavy atom. The van der Waals surface area contributed by atoms with Crippen LogP contribution in [0.25, 0.3) is 0 Å². The van der Waals surface area contributed by atoms with Crippen LogP contribution >= 0.6 is 12.2 Å². The molecular formula is C19H20N3O4S-. The normalized spacial score (nSPS) is 10.8. The van der Waals surface area contributed by atoms with E-state index in [4.69, 9.17) is 21.7 Å². The molecular weight excluding hydrogens is 366 g/mol. The number of nitrogens with zero attached hydrogens (tertiary/aromatic N) is 1. The molecule has 7 nitrogen and oxygen atoms in total. The van der Waals surface area contributed by atoms with Gasteiger partial charge in [0.05, 0.1) is 24.5 Å². The molecule has 0 atom stereocenters. The number of rotatable bonds is 8. The highest BCUT2D eigenvalue weighted by molar-refractivity contribution is 7.80. The van der Waals surface area contributed by atoms with Crippen molar-refractivity contribution in [3.63, 3.8) is 0 Å². The minimum atomic E-state index is -1.27. The molecule has 0 aromatic heterocycles. The van der Waals surface area contributed by atoms with Gasteiger partial charge in [-0.1, -0.05) is 19.1 Å². The van der Waals surface area contributed by atoms with Gasteiger partial charge in [0, 0.05) is 0 Å². The number of methoxy groups -OCH3 is 1. The van der Waals surface area contributed by atoms with E-state index in [9.17, 15) is 9.90 Å². The molecule has 0 bridgehead atoms. The second-order valence-corrected chi connectivity index (χ2v) is 5.77. The number of nitrogens with one attached hydrogen (secondary N) is 2. The molecule has 2 aromatic rings. The van der Waals surface area contributed by atoms with Crippen molar-refractivity contribution >= 4 is 34.7 Å². The van der Waals surface area contributed by atoms with E-state index in [1.807, 2.05) is 31.2 Å². The predicted octanol–water partition coefficient (Wildman–Crippen LogP) is 1.92. The van der Waals surface area contributed by atoms with Crippen LogP contribution in [-0.4, -0.2) is 30.5 Å². The van der Waals surface area contributed by atoms with E-state index >= 15 is 0 Å². The van der Waals surface area contributed by atoms with E-state index in [1.54, 1.807) is 31.4 Å². The van der Waals surface area contributed by atoms with Gasteiger partial charge >= 0.3 is 0 Å². The first kappa shape index (κ1) is 20.2. The molecule has 0 saturated carbocycles. The maximum atomic E-state index is 10.4. The Morgan fingerprint density at radius 1 is 1.19 bits per heavy atom. The minimum Gasteiger partial charge on any atom is -0.546 e. The molecule has 2 aromatic carbocycles. The van der Waals surface area contributed by atoms with Crippen molar-refractivity contribution in [3.8, 4) is 11.5 Å². The number of ether oxygens (including phenoxy) is 2. The number of anilines is 1. The van der Waals surface area contributed by atoms with Crippen molar-refractivity contribution in [3.05, 3.63) is 54.1 Å². The Hall–Kier alpha value is -3.13. The Morgan fingerprint density at radius 3 is 2.52 bits per heavy atom. The van der Waals surface area contributed by atoms with Crippen LogP contribution in [0, 0.1) is 0 Å². The van der Waals surface area contributed by atoms with Crippen molar-refractivity contribution in [2.24, 2.45) is 5.10 Å². The molecule has 0 unspecified atom stereocenters. The molecule has 0 amide bonds. The lowest BCUT2D eigenvalue weighted by molar-refractivity contribution is -0.307. The Balaban J connectivity index is 2.00. The zero-order valence-electron chi connectivity index (χ0n) is 15.0. The molecule has 0 heterocycles. The molecule has 0 aliphatic rings. The number of para-hydroxylation sites is 2. The highest BCUT2D eigenvalue weighted by Crippen LogP contribution is 2.22. The van der Waals surface area contributed by atoms with Gasteiger partial charge in [-0.15, -0.1) is 0 Å². The highest BCUT2D eigenvalue weighted by atomic mass is 32.1. The number of carboxylic acids is 1. The van der Waals surface area contributed by atoms with E-state index in [0.29, 0.717) is 23.0 Å². The smallest absolute Gasteiger partial charge is 0.191 e. The molecule has 27 heavy (non-hydrogen) atoms. The van der Waals surface area contributed by atoms with E-state index < -0.39 is 12.6 Å². The van der Waals surface area contributed by atoms with Gasteiger partial charge in [-0.25, -0.2) is 0 Å². The SMILES string of the molecule is CC/C(=N/NC(=S)Nc1ccccc1OC)c1ccc(OCC(=O)[O-])cc1. The van der Waals surface area contributed by atoms with E-state index in [0.717, 1.165) is 17.0 Å². The average Bonchev–Trinajstić information content (AvgIpc) is 2.68. The third-order valence-corrected chi connectivity index (χ3v) is 3.72. The van der Waals surface area contributed by atoms with Crippen molar-refractivity contribution in [1.82, 2.24) is 5.43 Å². The number of hydrogen-bond acceptors (Lipinski definition) is 6. The van der Waals surface area contributed by atoms with E-state index in [-0.39, 0.29) is 0 Å². The van der Waals surface area contributed by atoms with Crippen molar-refractivity contribution in [2.45, 2.75) is 13.3 Å². The fourth-order valence-corrected chi connectivity index (χ4v) is 2.41. The number of carbonyl (C=O) groups is 1. The molecule has 8 heteroatoms. The summed E-state index contributed by atoms with van der Waals surface area (Å²) in [5, 5.41) is 18.1. The minimum absolute atomic E-state index is 0.333. The largest absolute Gasteiger partial charge is 0.546 e. The van der Waals surface area contributed by atoms with E-state index in [2.05, 4.69) is 15.8 Å². The van der Waals surface area contributed by atoms with Crippen LogP contribution < -0.4 is 25.3 Å². The quantitative estimate of drug-likeness (QED) is 0.407. The third kappa shape index (κ3) is 6.27. The fraction of sp³-hybridized carbons (Fsp3) is 0.211. The van der Waals surface area contributed by atoms with Gasteiger partial charge in [-0.2, -0.15) is 5.10 Å². The summed E-state index contributed by atoms with van der Waals surface area (Å²) in [4.78, 5) is 10.4. The van der Waals surface area contributed by atoms with Gasteiger partial charge in [0.2, 0.25) is 0 Å². The van der Waals surface area contributed by atoms with Crippen LogP contribution in [0.5, 0.6) is 11.5 Å². The van der Waals surface area contributed by atoms with Crippen LogP contribution in [0.2, 0.25) is 0 Å². The monoisotopic (exact) mass is 386 g/mol. The van der Waals surface area contributed by atoms with Gasteiger partial charge in [0.15, 0.2) is 5.11 Å². The molecule has 0 radical (unpaired) electrons.